The fraction of sp³-hybridized carbons (Fsp3) is 0.469. The molecule has 2 aromatic carbocycles. The van der Waals surface area contributed by atoms with Crippen LogP contribution in [0.25, 0.3) is 6.08 Å². The average Bonchev–Trinajstić information content (AvgIpc) is 3.56. The minimum absolute atomic E-state index is 0.0571. The molecule has 14 heteroatoms. The van der Waals surface area contributed by atoms with Gasteiger partial charge in [-0.3, -0.25) is 48.8 Å². The van der Waals surface area contributed by atoms with Crippen LogP contribution in [0.1, 0.15) is 138 Å². The minimum atomic E-state index is -1.03. The van der Waals surface area contributed by atoms with Crippen LogP contribution in [0.4, 0.5) is 0 Å². The van der Waals surface area contributed by atoms with Gasteiger partial charge in [-0.05, 0) is 111 Å². The SMILES string of the molecule is O=C(/C=C/c1cccnc1)NCCCCC1CCN(C(=O)c2ccc(C3CCN(C(=O)CCCCCCOc4cccc5c4C(=O)N(C4CCC(=O)NC4=O)C5=O)CC3)cc2)CC1. The molecule has 7 rings (SSSR count). The molecule has 5 heterocycles. The normalized spacial score (nSPS) is 18.5. The number of aromatic nitrogens is 1. The zero-order valence-electron chi connectivity index (χ0n) is 35.9. The first-order valence-electron chi connectivity index (χ1n) is 22.7. The lowest BCUT2D eigenvalue weighted by Gasteiger charge is -2.33. The number of amides is 7. The molecule has 63 heavy (non-hydrogen) atoms. The van der Waals surface area contributed by atoms with E-state index in [2.05, 4.69) is 27.8 Å². The third-order valence-electron chi connectivity index (χ3n) is 12.8. The van der Waals surface area contributed by atoms with E-state index in [0.717, 1.165) is 106 Å². The quantitative estimate of drug-likeness (QED) is 0.0874. The number of fused-ring (bicyclic) bond motifs is 1. The van der Waals surface area contributed by atoms with Crippen molar-refractivity contribution in [1.82, 2.24) is 30.3 Å². The maximum atomic E-state index is 13.4. The van der Waals surface area contributed by atoms with Gasteiger partial charge in [0.25, 0.3) is 17.7 Å². The van der Waals surface area contributed by atoms with Gasteiger partial charge in [0.15, 0.2) is 0 Å². The van der Waals surface area contributed by atoms with E-state index in [1.807, 2.05) is 34.1 Å². The summed E-state index contributed by atoms with van der Waals surface area (Å²) >= 11 is 0. The molecule has 2 N–H and O–H groups in total. The summed E-state index contributed by atoms with van der Waals surface area (Å²) in [4.78, 5) is 97.8. The first-order chi connectivity index (χ1) is 30.7. The summed E-state index contributed by atoms with van der Waals surface area (Å²) in [6, 6.07) is 15.6. The topological polar surface area (TPSA) is 175 Å². The highest BCUT2D eigenvalue weighted by Crippen LogP contribution is 2.34. The number of ether oxygens (including phenoxy) is 1. The van der Waals surface area contributed by atoms with E-state index in [1.54, 1.807) is 42.7 Å². The Bertz CT molecular complexity index is 2160. The predicted octanol–water partition coefficient (Wildman–Crippen LogP) is 6.07. The molecule has 4 aliphatic rings. The number of rotatable bonds is 18. The molecular formula is C49H58N6O8. The van der Waals surface area contributed by atoms with E-state index in [1.165, 1.54) is 5.56 Å². The number of hydrogen-bond acceptors (Lipinski definition) is 9. The number of imide groups is 2. The Labute approximate surface area is 368 Å². The fourth-order valence-corrected chi connectivity index (χ4v) is 9.12. The summed E-state index contributed by atoms with van der Waals surface area (Å²) in [6.07, 6.45) is 17.4. The number of carbonyl (C=O) groups excluding carboxylic acids is 7. The maximum absolute atomic E-state index is 13.4. The van der Waals surface area contributed by atoms with Crippen molar-refractivity contribution >= 4 is 47.4 Å². The monoisotopic (exact) mass is 858 g/mol. The van der Waals surface area contributed by atoms with Crippen molar-refractivity contribution in [3.63, 3.8) is 0 Å². The smallest absolute Gasteiger partial charge is 0.266 e. The predicted molar refractivity (Wildman–Crippen MR) is 235 cm³/mol. The second-order valence-corrected chi connectivity index (χ2v) is 17.1. The Kier molecular flexibility index (Phi) is 15.5. The highest BCUT2D eigenvalue weighted by Gasteiger charge is 2.46. The molecule has 14 nitrogen and oxygen atoms in total. The largest absolute Gasteiger partial charge is 0.493 e. The van der Waals surface area contributed by atoms with Gasteiger partial charge in [-0.1, -0.05) is 49.9 Å². The molecule has 0 aliphatic carbocycles. The molecule has 0 saturated carbocycles. The third-order valence-corrected chi connectivity index (χ3v) is 12.8. The van der Waals surface area contributed by atoms with E-state index in [0.29, 0.717) is 43.6 Å². The number of pyridine rings is 1. The van der Waals surface area contributed by atoms with Crippen LogP contribution in [-0.2, 0) is 19.2 Å². The third kappa shape index (κ3) is 11.6. The summed E-state index contributed by atoms with van der Waals surface area (Å²) in [5.74, 6) is -0.819. The van der Waals surface area contributed by atoms with Crippen LogP contribution < -0.4 is 15.4 Å². The van der Waals surface area contributed by atoms with Crippen LogP contribution in [-0.4, -0.2) is 106 Å². The first-order valence-corrected chi connectivity index (χ1v) is 22.7. The lowest BCUT2D eigenvalue weighted by atomic mass is 9.88. The summed E-state index contributed by atoms with van der Waals surface area (Å²) in [7, 11) is 0. The second-order valence-electron chi connectivity index (χ2n) is 17.1. The number of benzene rings is 2. The fourth-order valence-electron chi connectivity index (χ4n) is 9.12. The zero-order chi connectivity index (χ0) is 44.1. The van der Waals surface area contributed by atoms with Gasteiger partial charge in [0.2, 0.25) is 23.6 Å². The number of nitrogens with zero attached hydrogens (tertiary/aromatic N) is 4. The van der Waals surface area contributed by atoms with Gasteiger partial charge in [-0.2, -0.15) is 0 Å². The molecule has 1 atom stereocenters. The van der Waals surface area contributed by atoms with Crippen molar-refractivity contribution in [2.75, 3.05) is 39.3 Å². The number of hydrogen-bond donors (Lipinski definition) is 2. The number of piperidine rings is 3. The summed E-state index contributed by atoms with van der Waals surface area (Å²) in [6.45, 7) is 3.95. The Balaban J connectivity index is 0.734. The van der Waals surface area contributed by atoms with Gasteiger partial charge >= 0.3 is 0 Å². The molecule has 0 spiro atoms. The average molecular weight is 859 g/mol. The van der Waals surface area contributed by atoms with E-state index in [4.69, 9.17) is 4.74 Å². The molecule has 4 aliphatic heterocycles. The Morgan fingerprint density at radius 2 is 1.56 bits per heavy atom. The Hall–Kier alpha value is -6.18. The van der Waals surface area contributed by atoms with Crippen molar-refractivity contribution in [2.24, 2.45) is 5.92 Å². The number of carbonyl (C=O) groups is 7. The van der Waals surface area contributed by atoms with E-state index < -0.39 is 29.7 Å². The van der Waals surface area contributed by atoms with Crippen LogP contribution in [0.5, 0.6) is 5.75 Å². The molecule has 0 radical (unpaired) electrons. The molecular weight excluding hydrogens is 801 g/mol. The second kappa shape index (κ2) is 21.8. The van der Waals surface area contributed by atoms with Crippen LogP contribution >= 0.6 is 0 Å². The molecule has 3 fully saturated rings. The van der Waals surface area contributed by atoms with Gasteiger partial charge in [-0.15, -0.1) is 0 Å². The lowest BCUT2D eigenvalue weighted by Crippen LogP contribution is -2.54. The highest BCUT2D eigenvalue weighted by atomic mass is 16.5. The van der Waals surface area contributed by atoms with Crippen LogP contribution in [0, 0.1) is 5.92 Å². The van der Waals surface area contributed by atoms with E-state index in [-0.39, 0.29) is 41.7 Å². The van der Waals surface area contributed by atoms with Gasteiger partial charge in [0, 0.05) is 69.6 Å². The number of unbranched alkanes of at least 4 members (excludes halogenated alkanes) is 4. The first kappa shape index (κ1) is 44.9. The Morgan fingerprint density at radius 3 is 2.30 bits per heavy atom. The molecule has 3 saturated heterocycles. The van der Waals surface area contributed by atoms with Crippen LogP contribution in [0.2, 0.25) is 0 Å². The van der Waals surface area contributed by atoms with Crippen molar-refractivity contribution in [2.45, 2.75) is 102 Å². The van der Waals surface area contributed by atoms with Crippen LogP contribution in [0.3, 0.4) is 0 Å². The number of nitrogens with one attached hydrogen (secondary N) is 2. The molecule has 7 amide bonds. The molecule has 1 unspecified atom stereocenters. The molecule has 1 aromatic heterocycles. The maximum Gasteiger partial charge on any atom is 0.266 e. The van der Waals surface area contributed by atoms with Crippen molar-refractivity contribution in [3.8, 4) is 5.75 Å². The summed E-state index contributed by atoms with van der Waals surface area (Å²) in [5.41, 5.74) is 3.16. The summed E-state index contributed by atoms with van der Waals surface area (Å²) < 4.78 is 5.94. The van der Waals surface area contributed by atoms with Crippen molar-refractivity contribution in [1.29, 1.82) is 0 Å². The van der Waals surface area contributed by atoms with E-state index in [9.17, 15) is 33.6 Å². The molecule has 3 aromatic rings. The van der Waals surface area contributed by atoms with Gasteiger partial charge < -0.3 is 19.9 Å². The van der Waals surface area contributed by atoms with E-state index >= 15 is 0 Å². The van der Waals surface area contributed by atoms with Crippen molar-refractivity contribution in [3.05, 3.63) is 101 Å². The van der Waals surface area contributed by atoms with Gasteiger partial charge in [-0.25, -0.2) is 0 Å². The van der Waals surface area contributed by atoms with Crippen molar-refractivity contribution < 1.29 is 38.3 Å². The van der Waals surface area contributed by atoms with Gasteiger partial charge in [0.05, 0.1) is 17.7 Å². The minimum Gasteiger partial charge on any atom is -0.493 e. The lowest BCUT2D eigenvalue weighted by molar-refractivity contribution is -0.136. The van der Waals surface area contributed by atoms with Crippen LogP contribution in [0.15, 0.2) is 73.1 Å². The summed E-state index contributed by atoms with van der Waals surface area (Å²) in [5, 5.41) is 5.16. The highest BCUT2D eigenvalue weighted by molar-refractivity contribution is 6.24. The number of likely N-dealkylation sites (tertiary alicyclic amines) is 2. The molecule has 332 valence electrons. The standard InChI is InChI=1S/C49H58N6O8/c56-42(20-14-35-10-8-26-50-33-35)51-27-5-4-9-34-22-28-54(29-23-34)47(60)38-17-15-36(16-18-38)37-24-30-53(31-25-37)44(58)13-3-1-2-6-32-63-41-12-7-11-39-45(41)49(62)55(48(39)61)40-19-21-43(57)52-46(40)59/h7-8,10-12,14-18,20,26,33-34,37,40H,1-6,9,13,19,21-25,27-32H2,(H,51,56)(H,52,57,59)/b20-14+. The molecule has 0 bridgehead atoms. The Morgan fingerprint density at radius 1 is 0.794 bits per heavy atom. The van der Waals surface area contributed by atoms with Gasteiger partial charge in [0.1, 0.15) is 11.8 Å². The zero-order valence-corrected chi connectivity index (χ0v) is 35.9.